The highest BCUT2D eigenvalue weighted by atomic mass is 32.1. The van der Waals surface area contributed by atoms with Crippen molar-refractivity contribution in [3.63, 3.8) is 0 Å². The summed E-state index contributed by atoms with van der Waals surface area (Å²) >= 11 is 2.77. The van der Waals surface area contributed by atoms with Gasteiger partial charge in [-0.1, -0.05) is 36.8 Å². The highest BCUT2D eigenvalue weighted by molar-refractivity contribution is 7.17. The molecule has 28 heavy (non-hydrogen) atoms. The lowest BCUT2D eigenvalue weighted by Crippen LogP contribution is -2.33. The van der Waals surface area contributed by atoms with E-state index in [4.69, 9.17) is 0 Å². The van der Waals surface area contributed by atoms with Crippen LogP contribution in [0.2, 0.25) is 0 Å². The summed E-state index contributed by atoms with van der Waals surface area (Å²) in [5.41, 5.74) is 2.77. The maximum Gasteiger partial charge on any atom is 0.263 e. The number of nitrogens with one attached hydrogen (secondary N) is 1. The Morgan fingerprint density at radius 3 is 2.68 bits per heavy atom. The van der Waals surface area contributed by atoms with E-state index in [1.54, 1.807) is 11.6 Å². The summed E-state index contributed by atoms with van der Waals surface area (Å²) in [4.78, 5) is 35.2. The minimum Gasteiger partial charge on any atom is -0.300 e. The first kappa shape index (κ1) is 18.5. The average molecular weight is 411 g/mol. The van der Waals surface area contributed by atoms with Gasteiger partial charge in [0.05, 0.1) is 11.7 Å². The Kier molecular flexibility index (Phi) is 5.06. The van der Waals surface area contributed by atoms with E-state index in [1.807, 2.05) is 43.5 Å². The molecule has 1 N–H and O–H groups in total. The topological polar surface area (TPSA) is 76.9 Å². The molecular weight excluding hydrogens is 392 g/mol. The van der Waals surface area contributed by atoms with Crippen LogP contribution >= 0.6 is 22.7 Å². The fourth-order valence-corrected chi connectivity index (χ4v) is 4.53. The molecule has 0 saturated carbocycles. The molecule has 3 aromatic heterocycles. The molecule has 142 valence electrons. The number of anilines is 1. The fourth-order valence-electron chi connectivity index (χ4n) is 3.10. The molecule has 0 aliphatic heterocycles. The minimum absolute atomic E-state index is 0.206. The standard InChI is InChI=1S/C20H18N4O2S2/c1-3-15(17(25)23-20-21-8-9-27-20)24-11-22-18-16(19(24)26)14(10-28-18)13-6-4-12(2)5-7-13/h4-11,15H,3H2,1-2H3,(H,21,23,25). The average Bonchev–Trinajstić information content (AvgIpc) is 3.35. The van der Waals surface area contributed by atoms with Crippen LogP contribution in [0.5, 0.6) is 0 Å². The van der Waals surface area contributed by atoms with Gasteiger partial charge >= 0.3 is 0 Å². The SMILES string of the molecule is CCC(C(=O)Nc1nccs1)n1cnc2scc(-c3ccc(C)cc3)c2c1=O. The molecule has 8 heteroatoms. The lowest BCUT2D eigenvalue weighted by atomic mass is 10.0. The monoisotopic (exact) mass is 410 g/mol. The molecule has 3 heterocycles. The second-order valence-electron chi connectivity index (χ2n) is 6.40. The number of aromatic nitrogens is 3. The molecule has 0 spiro atoms. The van der Waals surface area contributed by atoms with Crippen molar-refractivity contribution in [2.45, 2.75) is 26.3 Å². The summed E-state index contributed by atoms with van der Waals surface area (Å²) in [7, 11) is 0. The first-order chi connectivity index (χ1) is 13.6. The number of thiophene rings is 1. The molecule has 4 rings (SSSR count). The predicted octanol–water partition coefficient (Wildman–Crippen LogP) is 4.48. The Morgan fingerprint density at radius 1 is 1.21 bits per heavy atom. The van der Waals surface area contributed by atoms with E-state index in [-0.39, 0.29) is 11.5 Å². The van der Waals surface area contributed by atoms with Crippen molar-refractivity contribution in [2.75, 3.05) is 5.32 Å². The molecule has 4 aromatic rings. The maximum absolute atomic E-state index is 13.3. The number of hydrogen-bond donors (Lipinski definition) is 1. The van der Waals surface area contributed by atoms with Crippen molar-refractivity contribution in [1.82, 2.24) is 14.5 Å². The molecule has 1 aromatic carbocycles. The van der Waals surface area contributed by atoms with Gasteiger partial charge in [-0.15, -0.1) is 22.7 Å². The molecule has 1 amide bonds. The number of nitrogens with zero attached hydrogens (tertiary/aromatic N) is 3. The normalized spacial score (nSPS) is 12.2. The van der Waals surface area contributed by atoms with Crippen molar-refractivity contribution in [2.24, 2.45) is 0 Å². The van der Waals surface area contributed by atoms with Gasteiger partial charge in [-0.2, -0.15) is 0 Å². The van der Waals surface area contributed by atoms with Crippen molar-refractivity contribution < 1.29 is 4.79 Å². The maximum atomic E-state index is 13.3. The van der Waals surface area contributed by atoms with Crippen molar-refractivity contribution in [1.29, 1.82) is 0 Å². The fraction of sp³-hybridized carbons (Fsp3) is 0.200. The van der Waals surface area contributed by atoms with Gasteiger partial charge < -0.3 is 5.32 Å². The smallest absolute Gasteiger partial charge is 0.263 e. The Bertz CT molecular complexity index is 1180. The van der Waals surface area contributed by atoms with Crippen LogP contribution in [0.3, 0.4) is 0 Å². The van der Waals surface area contributed by atoms with E-state index in [1.165, 1.54) is 33.6 Å². The lowest BCUT2D eigenvalue weighted by Gasteiger charge is -2.16. The Labute approximate surface area is 169 Å². The Hall–Kier alpha value is -2.84. The third-order valence-electron chi connectivity index (χ3n) is 4.57. The van der Waals surface area contributed by atoms with Crippen LogP contribution in [-0.2, 0) is 4.79 Å². The second kappa shape index (κ2) is 7.65. The third-order valence-corrected chi connectivity index (χ3v) is 6.14. The largest absolute Gasteiger partial charge is 0.300 e. The van der Waals surface area contributed by atoms with E-state index in [9.17, 15) is 9.59 Å². The Morgan fingerprint density at radius 2 is 2.00 bits per heavy atom. The summed E-state index contributed by atoms with van der Waals surface area (Å²) in [6, 6.07) is 7.38. The molecule has 6 nitrogen and oxygen atoms in total. The molecule has 0 bridgehead atoms. The number of benzene rings is 1. The molecule has 0 fully saturated rings. The quantitative estimate of drug-likeness (QED) is 0.526. The first-order valence-electron chi connectivity index (χ1n) is 8.84. The van der Waals surface area contributed by atoms with E-state index < -0.39 is 6.04 Å². The second-order valence-corrected chi connectivity index (χ2v) is 8.16. The van der Waals surface area contributed by atoms with Crippen LogP contribution in [-0.4, -0.2) is 20.4 Å². The Balaban J connectivity index is 1.78. The van der Waals surface area contributed by atoms with Gasteiger partial charge in [0.1, 0.15) is 10.9 Å². The molecule has 0 saturated heterocycles. The highest BCUT2D eigenvalue weighted by Gasteiger charge is 2.23. The van der Waals surface area contributed by atoms with E-state index >= 15 is 0 Å². The number of aryl methyl sites for hydroxylation is 1. The van der Waals surface area contributed by atoms with Crippen LogP contribution in [0, 0.1) is 6.92 Å². The van der Waals surface area contributed by atoms with Crippen molar-refractivity contribution >= 4 is 43.9 Å². The number of rotatable bonds is 5. The number of amides is 1. The molecule has 0 aliphatic rings. The third kappa shape index (κ3) is 3.36. The number of thiazole rings is 1. The number of hydrogen-bond acceptors (Lipinski definition) is 6. The molecular formula is C20H18N4O2S2. The zero-order chi connectivity index (χ0) is 19.7. The van der Waals surface area contributed by atoms with Gasteiger partial charge in [-0.25, -0.2) is 9.97 Å². The van der Waals surface area contributed by atoms with Crippen LogP contribution in [0.25, 0.3) is 21.3 Å². The summed E-state index contributed by atoms with van der Waals surface area (Å²) in [6.07, 6.45) is 3.56. The van der Waals surface area contributed by atoms with Crippen LogP contribution in [0.4, 0.5) is 5.13 Å². The highest BCUT2D eigenvalue weighted by Crippen LogP contribution is 2.31. The predicted molar refractivity (Wildman–Crippen MR) is 114 cm³/mol. The number of carbonyl (C=O) groups is 1. The summed E-state index contributed by atoms with van der Waals surface area (Å²) < 4.78 is 1.43. The van der Waals surface area contributed by atoms with Crippen LogP contribution in [0.15, 0.2) is 52.3 Å². The van der Waals surface area contributed by atoms with Gasteiger partial charge in [0.2, 0.25) is 5.91 Å². The summed E-state index contributed by atoms with van der Waals surface area (Å²) in [5.74, 6) is -0.271. The number of fused-ring (bicyclic) bond motifs is 1. The van der Waals surface area contributed by atoms with Gasteiger partial charge in [-0.05, 0) is 18.9 Å². The zero-order valence-corrected chi connectivity index (χ0v) is 17.0. The minimum atomic E-state index is -0.654. The molecule has 1 unspecified atom stereocenters. The summed E-state index contributed by atoms with van der Waals surface area (Å²) in [6.45, 7) is 3.90. The van der Waals surface area contributed by atoms with Gasteiger partial charge in [-0.3, -0.25) is 14.2 Å². The van der Waals surface area contributed by atoms with Crippen molar-refractivity contribution in [3.8, 4) is 11.1 Å². The molecule has 0 radical (unpaired) electrons. The van der Waals surface area contributed by atoms with Crippen LogP contribution in [0.1, 0.15) is 24.9 Å². The van der Waals surface area contributed by atoms with Gasteiger partial charge in [0, 0.05) is 22.5 Å². The van der Waals surface area contributed by atoms with Gasteiger partial charge in [0.25, 0.3) is 5.56 Å². The molecule has 1 atom stereocenters. The lowest BCUT2D eigenvalue weighted by molar-refractivity contribution is -0.119. The van der Waals surface area contributed by atoms with E-state index in [0.717, 1.165) is 16.7 Å². The van der Waals surface area contributed by atoms with Gasteiger partial charge in [0.15, 0.2) is 5.13 Å². The van der Waals surface area contributed by atoms with E-state index in [0.29, 0.717) is 21.8 Å². The zero-order valence-electron chi connectivity index (χ0n) is 15.4. The number of carbonyl (C=O) groups excluding carboxylic acids is 1. The summed E-state index contributed by atoms with van der Waals surface area (Å²) in [5, 5.41) is 7.58. The molecule has 0 aliphatic carbocycles. The van der Waals surface area contributed by atoms with Crippen LogP contribution < -0.4 is 10.9 Å². The first-order valence-corrected chi connectivity index (χ1v) is 10.6. The van der Waals surface area contributed by atoms with Crippen molar-refractivity contribution in [3.05, 3.63) is 63.5 Å². The van der Waals surface area contributed by atoms with E-state index in [2.05, 4.69) is 15.3 Å².